The molecule has 0 aliphatic carbocycles. The van der Waals surface area contributed by atoms with E-state index in [0.717, 1.165) is 0 Å². The molecular formula is C9H18IN. The van der Waals surface area contributed by atoms with E-state index in [0.29, 0.717) is 9.97 Å². The van der Waals surface area contributed by atoms with E-state index < -0.39 is 0 Å². The van der Waals surface area contributed by atoms with Crippen LogP contribution < -0.4 is 0 Å². The maximum Gasteiger partial charge on any atom is 0.0280 e. The highest BCUT2D eigenvalue weighted by molar-refractivity contribution is 14.1. The van der Waals surface area contributed by atoms with E-state index >= 15 is 0 Å². The van der Waals surface area contributed by atoms with Gasteiger partial charge < -0.3 is 4.90 Å². The van der Waals surface area contributed by atoms with Gasteiger partial charge in [0.15, 0.2) is 0 Å². The van der Waals surface area contributed by atoms with Gasteiger partial charge in [-0.1, -0.05) is 28.7 Å². The third-order valence-corrected chi connectivity index (χ3v) is 2.16. The van der Waals surface area contributed by atoms with Gasteiger partial charge in [-0.05, 0) is 27.7 Å². The van der Waals surface area contributed by atoms with Gasteiger partial charge in [0.1, 0.15) is 0 Å². The molecule has 0 radical (unpaired) electrons. The van der Waals surface area contributed by atoms with Crippen molar-refractivity contribution >= 4 is 22.6 Å². The van der Waals surface area contributed by atoms with Crippen molar-refractivity contribution in [2.75, 3.05) is 7.05 Å². The molecule has 0 aromatic rings. The monoisotopic (exact) mass is 267 g/mol. The standard InChI is InChI=1S/C9H18IN/c1-7(2)11(5)9(4)6-8(3)10/h6-8H,1-5H3/b9-6-. The average Bonchev–Trinajstić information content (AvgIpc) is 1.84. The summed E-state index contributed by atoms with van der Waals surface area (Å²) in [6.45, 7) is 8.76. The van der Waals surface area contributed by atoms with Gasteiger partial charge >= 0.3 is 0 Å². The molecule has 2 heteroatoms. The van der Waals surface area contributed by atoms with Crippen molar-refractivity contribution in [3.8, 4) is 0 Å². The average molecular weight is 267 g/mol. The van der Waals surface area contributed by atoms with Crippen LogP contribution in [0.5, 0.6) is 0 Å². The van der Waals surface area contributed by atoms with Crippen LogP contribution in [-0.2, 0) is 0 Å². The number of hydrogen-bond acceptors (Lipinski definition) is 1. The number of alkyl halides is 1. The van der Waals surface area contributed by atoms with E-state index in [1.165, 1.54) is 5.70 Å². The highest BCUT2D eigenvalue weighted by atomic mass is 127. The molecule has 0 aromatic heterocycles. The van der Waals surface area contributed by atoms with Gasteiger partial charge in [0.25, 0.3) is 0 Å². The minimum atomic E-state index is 0.599. The van der Waals surface area contributed by atoms with Crippen LogP contribution in [0.1, 0.15) is 27.7 Å². The molecule has 1 nitrogen and oxygen atoms in total. The Morgan fingerprint density at radius 3 is 2.09 bits per heavy atom. The van der Waals surface area contributed by atoms with Crippen LogP contribution in [0.4, 0.5) is 0 Å². The molecular weight excluding hydrogens is 249 g/mol. The lowest BCUT2D eigenvalue weighted by Gasteiger charge is -2.24. The van der Waals surface area contributed by atoms with Gasteiger partial charge in [-0.25, -0.2) is 0 Å². The molecule has 66 valence electrons. The molecule has 1 unspecified atom stereocenters. The zero-order chi connectivity index (χ0) is 9.02. The number of rotatable bonds is 3. The number of nitrogens with zero attached hydrogens (tertiary/aromatic N) is 1. The Morgan fingerprint density at radius 2 is 1.82 bits per heavy atom. The van der Waals surface area contributed by atoms with Crippen LogP contribution in [0.2, 0.25) is 0 Å². The number of allylic oxidation sites excluding steroid dienone is 2. The van der Waals surface area contributed by atoms with Crippen molar-refractivity contribution < 1.29 is 0 Å². The zero-order valence-corrected chi connectivity index (χ0v) is 10.2. The molecule has 0 N–H and O–H groups in total. The molecule has 0 aliphatic heterocycles. The van der Waals surface area contributed by atoms with Gasteiger partial charge in [0.05, 0.1) is 0 Å². The molecule has 11 heavy (non-hydrogen) atoms. The predicted octanol–water partition coefficient (Wildman–Crippen LogP) is 3.05. The van der Waals surface area contributed by atoms with Crippen molar-refractivity contribution in [2.24, 2.45) is 0 Å². The number of hydrogen-bond donors (Lipinski definition) is 0. The smallest absolute Gasteiger partial charge is 0.0280 e. The highest BCUT2D eigenvalue weighted by Gasteiger charge is 2.03. The van der Waals surface area contributed by atoms with Gasteiger partial charge in [-0.2, -0.15) is 0 Å². The molecule has 0 rings (SSSR count). The number of halogens is 1. The second-order valence-corrected chi connectivity index (χ2v) is 5.16. The summed E-state index contributed by atoms with van der Waals surface area (Å²) in [6, 6.07) is 0.599. The Balaban J connectivity index is 4.11. The molecule has 0 fully saturated rings. The lowest BCUT2D eigenvalue weighted by Crippen LogP contribution is -2.24. The summed E-state index contributed by atoms with van der Waals surface area (Å²) in [4.78, 5) is 2.29. The summed E-state index contributed by atoms with van der Waals surface area (Å²) in [5.74, 6) is 0. The van der Waals surface area contributed by atoms with Gasteiger partial charge in [-0.3, -0.25) is 0 Å². The summed E-state index contributed by atoms with van der Waals surface area (Å²) in [5, 5.41) is 0. The molecule has 0 bridgehead atoms. The maximum absolute atomic E-state index is 2.41. The van der Waals surface area contributed by atoms with Crippen LogP contribution in [0.15, 0.2) is 11.8 Å². The van der Waals surface area contributed by atoms with Crippen LogP contribution in [0.3, 0.4) is 0 Å². The topological polar surface area (TPSA) is 3.24 Å². The van der Waals surface area contributed by atoms with E-state index in [-0.39, 0.29) is 0 Å². The third kappa shape index (κ3) is 4.67. The van der Waals surface area contributed by atoms with E-state index in [9.17, 15) is 0 Å². The Bertz CT molecular complexity index is 138. The van der Waals surface area contributed by atoms with Crippen molar-refractivity contribution in [2.45, 2.75) is 37.7 Å². The van der Waals surface area contributed by atoms with E-state index in [4.69, 9.17) is 0 Å². The second-order valence-electron chi connectivity index (χ2n) is 3.19. The predicted molar refractivity (Wildman–Crippen MR) is 60.1 cm³/mol. The summed E-state index contributed by atoms with van der Waals surface area (Å²) in [7, 11) is 2.13. The molecule has 0 amide bonds. The van der Waals surface area contributed by atoms with E-state index in [2.05, 4.69) is 68.3 Å². The first-order chi connectivity index (χ1) is 4.95. The van der Waals surface area contributed by atoms with Crippen molar-refractivity contribution in [1.29, 1.82) is 0 Å². The van der Waals surface area contributed by atoms with E-state index in [1.54, 1.807) is 0 Å². The maximum atomic E-state index is 2.41. The summed E-state index contributed by atoms with van der Waals surface area (Å²) >= 11 is 2.41. The Morgan fingerprint density at radius 1 is 1.36 bits per heavy atom. The summed E-state index contributed by atoms with van der Waals surface area (Å²) in [6.07, 6.45) is 2.28. The van der Waals surface area contributed by atoms with E-state index in [1.807, 2.05) is 0 Å². The fraction of sp³-hybridized carbons (Fsp3) is 0.778. The van der Waals surface area contributed by atoms with Gasteiger partial charge in [0, 0.05) is 22.7 Å². The van der Waals surface area contributed by atoms with Gasteiger partial charge in [-0.15, -0.1) is 0 Å². The fourth-order valence-corrected chi connectivity index (χ4v) is 1.38. The molecule has 0 aliphatic rings. The molecule has 1 atom stereocenters. The molecule has 0 aromatic carbocycles. The second kappa shape index (κ2) is 5.01. The van der Waals surface area contributed by atoms with Crippen molar-refractivity contribution in [3.05, 3.63) is 11.8 Å². The lowest BCUT2D eigenvalue weighted by atomic mass is 10.3. The van der Waals surface area contributed by atoms with Crippen LogP contribution in [-0.4, -0.2) is 21.9 Å². The minimum Gasteiger partial charge on any atom is -0.376 e. The van der Waals surface area contributed by atoms with Crippen LogP contribution in [0, 0.1) is 0 Å². The normalized spacial score (nSPS) is 15.4. The third-order valence-electron chi connectivity index (χ3n) is 1.80. The van der Waals surface area contributed by atoms with Crippen LogP contribution >= 0.6 is 22.6 Å². The largest absolute Gasteiger partial charge is 0.376 e. The quantitative estimate of drug-likeness (QED) is 0.561. The molecule has 0 heterocycles. The fourth-order valence-electron chi connectivity index (χ4n) is 0.857. The molecule has 0 spiro atoms. The first-order valence-corrected chi connectivity index (χ1v) is 5.25. The highest BCUT2D eigenvalue weighted by Crippen LogP contribution is 2.09. The SMILES string of the molecule is C/C(=C/C(C)I)N(C)C(C)C. The Hall–Kier alpha value is 0.270. The summed E-state index contributed by atoms with van der Waals surface area (Å²) in [5.41, 5.74) is 1.36. The molecule has 0 saturated carbocycles. The van der Waals surface area contributed by atoms with Gasteiger partial charge in [0.2, 0.25) is 0 Å². The lowest BCUT2D eigenvalue weighted by molar-refractivity contribution is 0.344. The first-order valence-electron chi connectivity index (χ1n) is 4.00. The molecule has 0 saturated heterocycles. The van der Waals surface area contributed by atoms with Crippen LogP contribution in [0.25, 0.3) is 0 Å². The van der Waals surface area contributed by atoms with Crippen molar-refractivity contribution in [3.63, 3.8) is 0 Å². The minimum absolute atomic E-state index is 0.599. The first kappa shape index (κ1) is 11.3. The Kier molecular flexibility index (Phi) is 5.13. The zero-order valence-electron chi connectivity index (χ0n) is 8.06. The van der Waals surface area contributed by atoms with Crippen molar-refractivity contribution in [1.82, 2.24) is 4.90 Å². The summed E-state index contributed by atoms with van der Waals surface area (Å²) < 4.78 is 0.619. The Labute approximate surface area is 84.0 Å².